The van der Waals surface area contributed by atoms with Gasteiger partial charge in [-0.1, -0.05) is 30.0 Å². The minimum atomic E-state index is -3.57. The topological polar surface area (TPSA) is 92.5 Å². The highest BCUT2D eigenvalue weighted by Crippen LogP contribution is 2.25. The molecule has 0 unspecified atom stereocenters. The molecule has 1 N–H and O–H groups in total. The highest BCUT2D eigenvalue weighted by atomic mass is 32.2. The molecule has 0 saturated carbocycles. The van der Waals surface area contributed by atoms with Gasteiger partial charge in [-0.2, -0.15) is 0 Å². The smallest absolute Gasteiger partial charge is 0.257 e. The van der Waals surface area contributed by atoms with Gasteiger partial charge in [-0.15, -0.1) is 0 Å². The average molecular weight is 406 g/mol. The fraction of sp³-hybridized carbons (Fsp3) is 0.222. The fourth-order valence-corrected chi connectivity index (χ4v) is 3.90. The lowest BCUT2D eigenvalue weighted by Gasteiger charge is -2.14. The van der Waals surface area contributed by atoms with Crippen LogP contribution in [0.15, 0.2) is 57.0 Å². The van der Waals surface area contributed by atoms with Gasteiger partial charge in [0.1, 0.15) is 5.52 Å². The van der Waals surface area contributed by atoms with E-state index < -0.39 is 10.0 Å². The van der Waals surface area contributed by atoms with Gasteiger partial charge in [-0.3, -0.25) is 4.79 Å². The van der Waals surface area contributed by atoms with Crippen molar-refractivity contribution < 1.29 is 17.6 Å². The molecule has 9 heteroatoms. The zero-order chi connectivity index (χ0) is 19.6. The van der Waals surface area contributed by atoms with Crippen LogP contribution in [0.5, 0.6) is 0 Å². The van der Waals surface area contributed by atoms with Crippen LogP contribution in [-0.4, -0.2) is 43.5 Å². The first-order valence-corrected chi connectivity index (χ1v) is 10.5. The molecule has 7 nitrogen and oxygen atoms in total. The lowest BCUT2D eigenvalue weighted by Crippen LogP contribution is -2.22. The second kappa shape index (κ2) is 7.71. The van der Waals surface area contributed by atoms with Crippen molar-refractivity contribution in [3.05, 3.63) is 48.0 Å². The Morgan fingerprint density at radius 1 is 1.22 bits per heavy atom. The summed E-state index contributed by atoms with van der Waals surface area (Å²) in [5.41, 5.74) is 2.63. The number of para-hydroxylation sites is 2. The number of anilines is 1. The Labute approximate surface area is 161 Å². The van der Waals surface area contributed by atoms with Crippen molar-refractivity contribution >= 4 is 44.5 Å². The van der Waals surface area contributed by atoms with Gasteiger partial charge < -0.3 is 9.73 Å². The number of aryl methyl sites for hydroxylation is 1. The number of oxazole rings is 1. The fourth-order valence-electron chi connectivity index (χ4n) is 2.33. The first-order chi connectivity index (χ1) is 12.8. The third-order valence-electron chi connectivity index (χ3n) is 3.86. The molecule has 0 radical (unpaired) electrons. The van der Waals surface area contributed by atoms with Crippen LogP contribution in [0.25, 0.3) is 11.1 Å². The van der Waals surface area contributed by atoms with E-state index in [1.807, 2.05) is 24.3 Å². The van der Waals surface area contributed by atoms with Crippen LogP contribution in [0.1, 0.15) is 5.56 Å². The van der Waals surface area contributed by atoms with Crippen molar-refractivity contribution in [2.75, 3.05) is 25.2 Å². The predicted octanol–water partition coefficient (Wildman–Crippen LogP) is 3.12. The molecule has 1 aromatic heterocycles. The third-order valence-corrected chi connectivity index (χ3v) is 6.50. The number of aromatic nitrogens is 1. The summed E-state index contributed by atoms with van der Waals surface area (Å²) in [5, 5.41) is 3.16. The van der Waals surface area contributed by atoms with Gasteiger partial charge in [0.25, 0.3) is 5.22 Å². The summed E-state index contributed by atoms with van der Waals surface area (Å²) < 4.78 is 31.2. The molecule has 27 heavy (non-hydrogen) atoms. The SMILES string of the molecule is Cc1ccc(S(=O)(=O)N(C)C)cc1NC(=O)CSc1nc2ccccc2o1. The van der Waals surface area contributed by atoms with E-state index in [0.29, 0.717) is 16.5 Å². The molecule has 1 amide bonds. The van der Waals surface area contributed by atoms with Gasteiger partial charge in [0, 0.05) is 19.8 Å². The van der Waals surface area contributed by atoms with E-state index >= 15 is 0 Å². The summed E-state index contributed by atoms with van der Waals surface area (Å²) in [7, 11) is -0.645. The summed E-state index contributed by atoms with van der Waals surface area (Å²) in [6.07, 6.45) is 0. The molecule has 0 saturated heterocycles. The minimum Gasteiger partial charge on any atom is -0.431 e. The first kappa shape index (κ1) is 19.4. The molecule has 0 atom stereocenters. The van der Waals surface area contributed by atoms with E-state index in [2.05, 4.69) is 10.3 Å². The van der Waals surface area contributed by atoms with Crippen molar-refractivity contribution in [1.82, 2.24) is 9.29 Å². The molecular formula is C18H19N3O4S2. The molecule has 1 heterocycles. The third kappa shape index (κ3) is 4.32. The number of sulfonamides is 1. The monoisotopic (exact) mass is 405 g/mol. The molecule has 3 aromatic rings. The predicted molar refractivity (Wildman–Crippen MR) is 105 cm³/mol. The maximum atomic E-state index is 12.3. The summed E-state index contributed by atoms with van der Waals surface area (Å²) in [4.78, 5) is 16.7. The summed E-state index contributed by atoms with van der Waals surface area (Å²) >= 11 is 1.18. The first-order valence-electron chi connectivity index (χ1n) is 8.09. The molecular weight excluding hydrogens is 386 g/mol. The lowest BCUT2D eigenvalue weighted by atomic mass is 10.2. The Kier molecular flexibility index (Phi) is 5.54. The van der Waals surface area contributed by atoms with Gasteiger partial charge in [-0.05, 0) is 36.8 Å². The van der Waals surface area contributed by atoms with Crippen molar-refractivity contribution in [1.29, 1.82) is 0 Å². The number of carbonyl (C=O) groups excluding carboxylic acids is 1. The molecule has 142 valence electrons. The highest BCUT2D eigenvalue weighted by Gasteiger charge is 2.19. The Morgan fingerprint density at radius 3 is 2.67 bits per heavy atom. The van der Waals surface area contributed by atoms with Gasteiger partial charge in [0.05, 0.1) is 10.6 Å². The summed E-state index contributed by atoms with van der Waals surface area (Å²) in [5.74, 6) is -0.179. The lowest BCUT2D eigenvalue weighted by molar-refractivity contribution is -0.113. The van der Waals surface area contributed by atoms with E-state index in [4.69, 9.17) is 4.42 Å². The zero-order valence-corrected chi connectivity index (χ0v) is 16.7. The maximum absolute atomic E-state index is 12.3. The summed E-state index contributed by atoms with van der Waals surface area (Å²) in [6.45, 7) is 1.80. The number of rotatable bonds is 6. The molecule has 0 fully saturated rings. The number of thioether (sulfide) groups is 1. The second-order valence-electron chi connectivity index (χ2n) is 6.05. The summed E-state index contributed by atoms with van der Waals surface area (Å²) in [6, 6.07) is 12.0. The minimum absolute atomic E-state index is 0.0942. The van der Waals surface area contributed by atoms with Crippen LogP contribution in [0.2, 0.25) is 0 Å². The largest absolute Gasteiger partial charge is 0.431 e. The van der Waals surface area contributed by atoms with Crippen molar-refractivity contribution in [3.8, 4) is 0 Å². The Hall–Kier alpha value is -2.36. The Morgan fingerprint density at radius 2 is 1.96 bits per heavy atom. The number of fused-ring (bicyclic) bond motifs is 1. The Balaban J connectivity index is 1.70. The molecule has 0 aliphatic rings. The van der Waals surface area contributed by atoms with Crippen LogP contribution in [0.4, 0.5) is 5.69 Å². The van der Waals surface area contributed by atoms with Gasteiger partial charge in [0.15, 0.2) is 5.58 Å². The van der Waals surface area contributed by atoms with Gasteiger partial charge in [-0.25, -0.2) is 17.7 Å². The molecule has 0 aliphatic heterocycles. The van der Waals surface area contributed by atoms with E-state index in [-0.39, 0.29) is 16.6 Å². The van der Waals surface area contributed by atoms with Gasteiger partial charge in [0.2, 0.25) is 15.9 Å². The van der Waals surface area contributed by atoms with Crippen LogP contribution in [-0.2, 0) is 14.8 Å². The van der Waals surface area contributed by atoms with E-state index in [1.165, 1.54) is 38.0 Å². The van der Waals surface area contributed by atoms with Crippen LogP contribution in [0, 0.1) is 6.92 Å². The number of nitrogens with zero attached hydrogens (tertiary/aromatic N) is 2. The van der Waals surface area contributed by atoms with Crippen molar-refractivity contribution in [2.45, 2.75) is 17.0 Å². The molecule has 0 aliphatic carbocycles. The van der Waals surface area contributed by atoms with Crippen LogP contribution < -0.4 is 5.32 Å². The van der Waals surface area contributed by atoms with Crippen molar-refractivity contribution in [3.63, 3.8) is 0 Å². The normalized spacial score (nSPS) is 11.9. The molecule has 2 aromatic carbocycles. The van der Waals surface area contributed by atoms with Crippen LogP contribution in [0.3, 0.4) is 0 Å². The zero-order valence-electron chi connectivity index (χ0n) is 15.1. The molecule has 3 rings (SSSR count). The highest BCUT2D eigenvalue weighted by molar-refractivity contribution is 7.99. The maximum Gasteiger partial charge on any atom is 0.257 e. The van der Waals surface area contributed by atoms with Crippen molar-refractivity contribution in [2.24, 2.45) is 0 Å². The molecule has 0 spiro atoms. The van der Waals surface area contributed by atoms with E-state index in [9.17, 15) is 13.2 Å². The van der Waals surface area contributed by atoms with Gasteiger partial charge >= 0.3 is 0 Å². The van der Waals surface area contributed by atoms with Crippen LogP contribution >= 0.6 is 11.8 Å². The van der Waals surface area contributed by atoms with E-state index in [1.54, 1.807) is 13.0 Å². The average Bonchev–Trinajstić information content (AvgIpc) is 3.04. The second-order valence-corrected chi connectivity index (χ2v) is 9.13. The van der Waals surface area contributed by atoms with E-state index in [0.717, 1.165) is 15.4 Å². The standard InChI is InChI=1S/C18H19N3O4S2/c1-12-8-9-13(27(23,24)21(2)3)10-15(12)19-17(22)11-26-18-20-14-6-4-5-7-16(14)25-18/h4-10H,11H2,1-3H3,(H,19,22). The molecule has 0 bridgehead atoms. The number of nitrogens with one attached hydrogen (secondary N) is 1. The number of hydrogen-bond donors (Lipinski definition) is 1. The number of amides is 1. The quantitative estimate of drug-likeness (QED) is 0.634. The number of benzene rings is 2. The number of carbonyl (C=O) groups is 1. The number of hydrogen-bond acceptors (Lipinski definition) is 6. The Bertz CT molecular complexity index is 1060.